The first-order valence-corrected chi connectivity index (χ1v) is 7.70. The van der Waals surface area contributed by atoms with Crippen molar-refractivity contribution in [3.63, 3.8) is 0 Å². The van der Waals surface area contributed by atoms with Crippen LogP contribution < -0.4 is 5.06 Å². The van der Waals surface area contributed by atoms with E-state index in [-0.39, 0.29) is 5.69 Å². The molecule has 2 aromatic rings. The number of benzene rings is 1. The quantitative estimate of drug-likeness (QED) is 0.637. The van der Waals surface area contributed by atoms with Crippen molar-refractivity contribution in [3.8, 4) is 11.4 Å². The zero-order chi connectivity index (χ0) is 16.2. The number of nitro groups is 1. The first-order valence-electron chi connectivity index (χ1n) is 7.70. The predicted octanol–water partition coefficient (Wildman–Crippen LogP) is 3.15. The van der Waals surface area contributed by atoms with Crippen LogP contribution in [0.5, 0.6) is 0 Å². The van der Waals surface area contributed by atoms with Crippen LogP contribution in [0, 0.1) is 10.1 Å². The summed E-state index contributed by atoms with van der Waals surface area (Å²) in [6.07, 6.45) is 2.90. The number of nitro benzene ring substituents is 1. The molecule has 2 heterocycles. The van der Waals surface area contributed by atoms with Crippen molar-refractivity contribution in [1.82, 2.24) is 9.97 Å². The smallest absolute Gasteiger partial charge is 0.269 e. The highest BCUT2D eigenvalue weighted by Crippen LogP contribution is 2.24. The molecule has 1 aromatic carbocycles. The van der Waals surface area contributed by atoms with Crippen molar-refractivity contribution in [1.29, 1.82) is 0 Å². The highest BCUT2D eigenvalue weighted by Gasteiger charge is 2.16. The van der Waals surface area contributed by atoms with Crippen LogP contribution in [-0.4, -0.2) is 28.0 Å². The maximum absolute atomic E-state index is 10.8. The molecule has 0 radical (unpaired) electrons. The number of hydroxylamine groups is 1. The number of rotatable bonds is 4. The highest BCUT2D eigenvalue weighted by atomic mass is 16.7. The molecular weight excluding hydrogens is 296 g/mol. The van der Waals surface area contributed by atoms with Gasteiger partial charge >= 0.3 is 0 Å². The average Bonchev–Trinajstić information content (AvgIpc) is 2.62. The van der Waals surface area contributed by atoms with Gasteiger partial charge in [0.2, 0.25) is 0 Å². The molecule has 0 spiro atoms. The number of aromatic nitrogens is 2. The first kappa shape index (κ1) is 15.4. The van der Waals surface area contributed by atoms with E-state index in [1.165, 1.54) is 12.1 Å². The minimum atomic E-state index is -0.417. The molecule has 7 nitrogen and oxygen atoms in total. The lowest BCUT2D eigenvalue weighted by atomic mass is 10.2. The molecule has 1 aliphatic heterocycles. The van der Waals surface area contributed by atoms with E-state index in [4.69, 9.17) is 4.84 Å². The minimum absolute atomic E-state index is 0.0555. The van der Waals surface area contributed by atoms with Crippen LogP contribution in [0.2, 0.25) is 0 Å². The molecule has 0 aliphatic carbocycles. The Kier molecular flexibility index (Phi) is 4.47. The Morgan fingerprint density at radius 2 is 2.04 bits per heavy atom. The van der Waals surface area contributed by atoms with Crippen molar-refractivity contribution in [2.24, 2.45) is 0 Å². The second-order valence-corrected chi connectivity index (χ2v) is 5.34. The van der Waals surface area contributed by atoms with E-state index in [9.17, 15) is 10.1 Å². The van der Waals surface area contributed by atoms with Gasteiger partial charge in [0.1, 0.15) is 0 Å². The fourth-order valence-corrected chi connectivity index (χ4v) is 2.43. The molecule has 7 heteroatoms. The third-order valence-corrected chi connectivity index (χ3v) is 3.72. The Balaban J connectivity index is 1.95. The van der Waals surface area contributed by atoms with Gasteiger partial charge in [-0.15, -0.1) is 0 Å². The second kappa shape index (κ2) is 6.70. The third kappa shape index (κ3) is 3.45. The molecule has 3 rings (SSSR count). The Bertz CT molecular complexity index is 697. The van der Waals surface area contributed by atoms with Gasteiger partial charge in [-0.05, 0) is 31.4 Å². The molecule has 23 heavy (non-hydrogen) atoms. The van der Waals surface area contributed by atoms with Crippen LogP contribution in [0.3, 0.4) is 0 Å². The van der Waals surface area contributed by atoms with Crippen LogP contribution in [0.25, 0.3) is 11.4 Å². The van der Waals surface area contributed by atoms with Gasteiger partial charge in [0.05, 0.1) is 11.5 Å². The number of non-ortho nitro benzene ring substituents is 1. The van der Waals surface area contributed by atoms with Crippen molar-refractivity contribution in [2.75, 3.05) is 18.2 Å². The molecule has 1 fully saturated rings. The van der Waals surface area contributed by atoms with Crippen LogP contribution in [0.1, 0.15) is 25.5 Å². The number of hydrogen-bond acceptors (Lipinski definition) is 6. The molecule has 0 saturated carbocycles. The molecule has 0 atom stereocenters. The molecule has 0 unspecified atom stereocenters. The first-order chi connectivity index (χ1) is 11.2. The molecule has 1 aromatic heterocycles. The number of hydrogen-bond donors (Lipinski definition) is 0. The van der Waals surface area contributed by atoms with Crippen molar-refractivity contribution < 1.29 is 9.76 Å². The molecule has 1 saturated heterocycles. The molecule has 0 amide bonds. The standard InChI is InChI=1S/C16H18N4O3/c1-2-13-11-15(19-9-3-4-10-23-19)18-16(17-13)12-5-7-14(8-6-12)20(21)22/h5-8,11H,2-4,9-10H2,1H3. The fourth-order valence-electron chi connectivity index (χ4n) is 2.43. The minimum Gasteiger partial charge on any atom is -0.272 e. The van der Waals surface area contributed by atoms with Crippen LogP contribution in [-0.2, 0) is 11.3 Å². The van der Waals surface area contributed by atoms with Gasteiger partial charge in [0, 0.05) is 36.0 Å². The van der Waals surface area contributed by atoms with Crippen molar-refractivity contribution in [3.05, 3.63) is 46.1 Å². The number of aryl methyl sites for hydroxylation is 1. The van der Waals surface area contributed by atoms with Crippen LogP contribution in [0.15, 0.2) is 30.3 Å². The Morgan fingerprint density at radius 1 is 1.26 bits per heavy atom. The van der Waals surface area contributed by atoms with Crippen molar-refractivity contribution in [2.45, 2.75) is 26.2 Å². The van der Waals surface area contributed by atoms with Crippen molar-refractivity contribution >= 4 is 11.5 Å². The van der Waals surface area contributed by atoms with E-state index < -0.39 is 4.92 Å². The summed E-state index contributed by atoms with van der Waals surface area (Å²) in [5.41, 5.74) is 1.72. The van der Waals surface area contributed by atoms with E-state index in [0.717, 1.165) is 42.9 Å². The Labute approximate surface area is 134 Å². The van der Waals surface area contributed by atoms with E-state index in [2.05, 4.69) is 9.97 Å². The fraction of sp³-hybridized carbons (Fsp3) is 0.375. The summed E-state index contributed by atoms with van der Waals surface area (Å²) in [7, 11) is 0. The van der Waals surface area contributed by atoms with Gasteiger partial charge < -0.3 is 0 Å². The van der Waals surface area contributed by atoms with E-state index >= 15 is 0 Å². The van der Waals surface area contributed by atoms with Gasteiger partial charge in [0.15, 0.2) is 11.6 Å². The largest absolute Gasteiger partial charge is 0.272 e. The predicted molar refractivity (Wildman–Crippen MR) is 86.0 cm³/mol. The topological polar surface area (TPSA) is 81.4 Å². The molecule has 1 aliphatic rings. The molecule has 120 valence electrons. The lowest BCUT2D eigenvalue weighted by molar-refractivity contribution is -0.384. The summed E-state index contributed by atoms with van der Waals surface area (Å²) < 4.78 is 0. The average molecular weight is 314 g/mol. The normalized spacial score (nSPS) is 14.7. The molecule has 0 bridgehead atoms. The van der Waals surface area contributed by atoms with E-state index in [1.54, 1.807) is 17.2 Å². The molecule has 0 N–H and O–H groups in total. The Hall–Kier alpha value is -2.54. The highest BCUT2D eigenvalue weighted by molar-refractivity contribution is 5.59. The summed E-state index contributed by atoms with van der Waals surface area (Å²) in [6.45, 7) is 3.53. The lowest BCUT2D eigenvalue weighted by Crippen LogP contribution is -2.30. The summed E-state index contributed by atoms with van der Waals surface area (Å²) in [6, 6.07) is 8.21. The van der Waals surface area contributed by atoms with Gasteiger partial charge in [-0.25, -0.2) is 15.0 Å². The monoisotopic (exact) mass is 314 g/mol. The van der Waals surface area contributed by atoms with E-state index in [0.29, 0.717) is 12.4 Å². The third-order valence-electron chi connectivity index (χ3n) is 3.72. The maximum Gasteiger partial charge on any atom is 0.269 e. The maximum atomic E-state index is 10.8. The van der Waals surface area contributed by atoms with Crippen LogP contribution in [0.4, 0.5) is 11.5 Å². The Morgan fingerprint density at radius 3 is 2.65 bits per heavy atom. The SMILES string of the molecule is CCc1cc(N2CCCCO2)nc(-c2ccc([N+](=O)[O-])cc2)n1. The van der Waals surface area contributed by atoms with Crippen LogP contribution >= 0.6 is 0 Å². The molecular formula is C16H18N4O3. The number of nitrogens with zero attached hydrogens (tertiary/aromatic N) is 4. The number of anilines is 1. The second-order valence-electron chi connectivity index (χ2n) is 5.34. The summed E-state index contributed by atoms with van der Waals surface area (Å²) in [4.78, 5) is 25.1. The summed E-state index contributed by atoms with van der Waals surface area (Å²) >= 11 is 0. The van der Waals surface area contributed by atoms with Gasteiger partial charge in [0.25, 0.3) is 5.69 Å². The summed E-state index contributed by atoms with van der Waals surface area (Å²) in [5.74, 6) is 1.30. The summed E-state index contributed by atoms with van der Waals surface area (Å²) in [5, 5.41) is 12.6. The zero-order valence-corrected chi connectivity index (χ0v) is 12.9. The van der Waals surface area contributed by atoms with Gasteiger partial charge in [-0.3, -0.25) is 15.0 Å². The lowest BCUT2D eigenvalue weighted by Gasteiger charge is -2.27. The van der Waals surface area contributed by atoms with Gasteiger partial charge in [-0.1, -0.05) is 6.92 Å². The van der Waals surface area contributed by atoms with Gasteiger partial charge in [-0.2, -0.15) is 0 Å². The zero-order valence-electron chi connectivity index (χ0n) is 12.9. The van der Waals surface area contributed by atoms with E-state index in [1.807, 2.05) is 13.0 Å².